The molecule has 0 spiro atoms. The number of hydrogen-bond donors (Lipinski definition) is 4. The lowest BCUT2D eigenvalue weighted by atomic mass is 10.0. The monoisotopic (exact) mass is 205 g/mol. The molecule has 1 fully saturated rings. The van der Waals surface area contributed by atoms with Crippen LogP contribution in [0.5, 0.6) is 0 Å². The van der Waals surface area contributed by atoms with Crippen molar-refractivity contribution in [2.75, 3.05) is 6.61 Å². The first-order valence-corrected chi connectivity index (χ1v) is 4.51. The molecule has 0 aromatic carbocycles. The van der Waals surface area contributed by atoms with Gasteiger partial charge in [0.25, 0.3) is 0 Å². The summed E-state index contributed by atoms with van der Waals surface area (Å²) in [5.41, 5.74) is 0. The van der Waals surface area contributed by atoms with E-state index in [9.17, 15) is 15.0 Å². The molecule has 0 aliphatic carbocycles. The zero-order valence-electron chi connectivity index (χ0n) is 7.88. The highest BCUT2D eigenvalue weighted by Gasteiger charge is 2.37. The molecule has 0 aromatic heterocycles. The van der Waals surface area contributed by atoms with Gasteiger partial charge in [-0.2, -0.15) is 0 Å². The summed E-state index contributed by atoms with van der Waals surface area (Å²) in [5, 5.41) is 30.2. The van der Waals surface area contributed by atoms with Crippen LogP contribution < -0.4 is 5.32 Å². The van der Waals surface area contributed by atoms with Crippen molar-refractivity contribution in [2.24, 2.45) is 0 Å². The van der Waals surface area contributed by atoms with Gasteiger partial charge in [-0.15, -0.1) is 0 Å². The third-order valence-corrected chi connectivity index (χ3v) is 2.13. The Bertz CT molecular complexity index is 210. The standard InChI is InChI=1S/C8H15NO5/c1-2-5(11)9-8-7(13)6(12)4(10)3-14-8/h4,6-8,10,12-13H,2-3H2,1H3,(H,9,11)/t4-,6-,7-,8+/m1/s1. The predicted molar refractivity (Wildman–Crippen MR) is 46.2 cm³/mol. The maximum Gasteiger partial charge on any atom is 0.221 e. The van der Waals surface area contributed by atoms with Crippen LogP contribution in [0.25, 0.3) is 0 Å². The molecule has 82 valence electrons. The van der Waals surface area contributed by atoms with Crippen LogP contribution in [0.1, 0.15) is 13.3 Å². The average molecular weight is 205 g/mol. The van der Waals surface area contributed by atoms with Crippen LogP contribution in [-0.2, 0) is 9.53 Å². The Hall–Kier alpha value is -0.690. The second-order valence-electron chi connectivity index (χ2n) is 3.22. The van der Waals surface area contributed by atoms with Gasteiger partial charge >= 0.3 is 0 Å². The zero-order valence-corrected chi connectivity index (χ0v) is 7.88. The highest BCUT2D eigenvalue weighted by atomic mass is 16.5. The second kappa shape index (κ2) is 4.70. The largest absolute Gasteiger partial charge is 0.388 e. The number of ether oxygens (including phenoxy) is 1. The van der Waals surface area contributed by atoms with Crippen molar-refractivity contribution in [3.63, 3.8) is 0 Å². The average Bonchev–Trinajstić information content (AvgIpc) is 2.19. The van der Waals surface area contributed by atoms with Crippen LogP contribution in [0.3, 0.4) is 0 Å². The minimum atomic E-state index is -1.30. The SMILES string of the molecule is CCC(=O)N[C@H]1OC[C@@H](O)[C@@H](O)[C@H]1O. The lowest BCUT2D eigenvalue weighted by molar-refractivity contribution is -0.196. The van der Waals surface area contributed by atoms with E-state index in [-0.39, 0.29) is 18.9 Å². The molecule has 0 unspecified atom stereocenters. The number of aliphatic hydroxyl groups excluding tert-OH is 3. The topological polar surface area (TPSA) is 99.0 Å². The van der Waals surface area contributed by atoms with Crippen molar-refractivity contribution in [3.05, 3.63) is 0 Å². The molecule has 6 heteroatoms. The lowest BCUT2D eigenvalue weighted by Gasteiger charge is -2.35. The number of aliphatic hydroxyl groups is 3. The Morgan fingerprint density at radius 2 is 2.07 bits per heavy atom. The van der Waals surface area contributed by atoms with E-state index in [0.29, 0.717) is 0 Å². The van der Waals surface area contributed by atoms with Crippen LogP contribution in [0.2, 0.25) is 0 Å². The van der Waals surface area contributed by atoms with Gasteiger partial charge in [0.1, 0.15) is 18.3 Å². The van der Waals surface area contributed by atoms with Crippen LogP contribution in [-0.4, -0.2) is 52.4 Å². The van der Waals surface area contributed by atoms with E-state index >= 15 is 0 Å². The molecular formula is C8H15NO5. The molecule has 0 radical (unpaired) electrons. The van der Waals surface area contributed by atoms with Gasteiger partial charge in [0, 0.05) is 6.42 Å². The van der Waals surface area contributed by atoms with E-state index < -0.39 is 24.5 Å². The summed E-state index contributed by atoms with van der Waals surface area (Å²) in [6.45, 7) is 1.56. The van der Waals surface area contributed by atoms with E-state index in [1.807, 2.05) is 0 Å². The minimum absolute atomic E-state index is 0.104. The fourth-order valence-corrected chi connectivity index (χ4v) is 1.19. The molecule has 1 heterocycles. The quantitative estimate of drug-likeness (QED) is 0.416. The number of nitrogens with one attached hydrogen (secondary N) is 1. The van der Waals surface area contributed by atoms with E-state index in [4.69, 9.17) is 9.84 Å². The summed E-state index contributed by atoms with van der Waals surface area (Å²) in [4.78, 5) is 11.0. The van der Waals surface area contributed by atoms with E-state index in [2.05, 4.69) is 5.32 Å². The lowest BCUT2D eigenvalue weighted by Crippen LogP contribution is -2.58. The highest BCUT2D eigenvalue weighted by Crippen LogP contribution is 2.13. The molecule has 0 bridgehead atoms. The summed E-state index contributed by atoms with van der Waals surface area (Å²) in [6.07, 6.45) is -4.37. The molecule has 4 N–H and O–H groups in total. The summed E-state index contributed by atoms with van der Waals surface area (Å²) in [7, 11) is 0. The van der Waals surface area contributed by atoms with Crippen LogP contribution in [0, 0.1) is 0 Å². The maximum absolute atomic E-state index is 11.0. The first-order valence-electron chi connectivity index (χ1n) is 4.51. The van der Waals surface area contributed by atoms with Gasteiger partial charge in [0.05, 0.1) is 6.61 Å². The van der Waals surface area contributed by atoms with Crippen molar-refractivity contribution >= 4 is 5.91 Å². The summed E-state index contributed by atoms with van der Waals surface area (Å²) >= 11 is 0. The number of rotatable bonds is 2. The highest BCUT2D eigenvalue weighted by molar-refractivity contribution is 5.75. The Kier molecular flexibility index (Phi) is 3.82. The van der Waals surface area contributed by atoms with Crippen molar-refractivity contribution < 1.29 is 24.9 Å². The Labute approximate surface area is 81.5 Å². The van der Waals surface area contributed by atoms with E-state index in [1.54, 1.807) is 6.92 Å². The van der Waals surface area contributed by atoms with Crippen molar-refractivity contribution in [2.45, 2.75) is 37.9 Å². The Morgan fingerprint density at radius 3 is 2.64 bits per heavy atom. The first-order chi connectivity index (χ1) is 6.56. The summed E-state index contributed by atoms with van der Waals surface area (Å²) in [6, 6.07) is 0. The maximum atomic E-state index is 11.0. The van der Waals surface area contributed by atoms with Crippen molar-refractivity contribution in [1.82, 2.24) is 5.32 Å². The van der Waals surface area contributed by atoms with E-state index in [1.165, 1.54) is 0 Å². The van der Waals surface area contributed by atoms with Gasteiger partial charge in [-0.3, -0.25) is 4.79 Å². The van der Waals surface area contributed by atoms with E-state index in [0.717, 1.165) is 0 Å². The van der Waals surface area contributed by atoms with Gasteiger partial charge in [-0.1, -0.05) is 6.92 Å². The summed E-state index contributed by atoms with van der Waals surface area (Å²) < 4.78 is 4.95. The van der Waals surface area contributed by atoms with Crippen LogP contribution in [0.15, 0.2) is 0 Å². The number of hydrogen-bond acceptors (Lipinski definition) is 5. The smallest absolute Gasteiger partial charge is 0.221 e. The zero-order chi connectivity index (χ0) is 10.7. The first kappa shape index (κ1) is 11.4. The van der Waals surface area contributed by atoms with Gasteiger partial charge < -0.3 is 25.4 Å². The molecule has 1 rings (SSSR count). The van der Waals surface area contributed by atoms with Gasteiger partial charge in [0.15, 0.2) is 6.23 Å². The molecular weight excluding hydrogens is 190 g/mol. The van der Waals surface area contributed by atoms with Gasteiger partial charge in [-0.05, 0) is 0 Å². The molecule has 4 atom stereocenters. The fourth-order valence-electron chi connectivity index (χ4n) is 1.19. The fraction of sp³-hybridized carbons (Fsp3) is 0.875. The molecule has 0 saturated carbocycles. The Morgan fingerprint density at radius 1 is 1.43 bits per heavy atom. The molecule has 6 nitrogen and oxygen atoms in total. The predicted octanol–water partition coefficient (Wildman–Crippen LogP) is -2.05. The van der Waals surface area contributed by atoms with Crippen LogP contribution >= 0.6 is 0 Å². The minimum Gasteiger partial charge on any atom is -0.388 e. The van der Waals surface area contributed by atoms with Crippen LogP contribution in [0.4, 0.5) is 0 Å². The second-order valence-corrected chi connectivity index (χ2v) is 3.22. The number of carbonyl (C=O) groups is 1. The number of carbonyl (C=O) groups excluding carboxylic acids is 1. The van der Waals surface area contributed by atoms with Crippen molar-refractivity contribution in [3.8, 4) is 0 Å². The molecule has 14 heavy (non-hydrogen) atoms. The van der Waals surface area contributed by atoms with Gasteiger partial charge in [-0.25, -0.2) is 0 Å². The normalized spacial score (nSPS) is 38.0. The third-order valence-electron chi connectivity index (χ3n) is 2.13. The Balaban J connectivity index is 2.50. The number of amides is 1. The van der Waals surface area contributed by atoms with Crippen molar-refractivity contribution in [1.29, 1.82) is 0 Å². The summed E-state index contributed by atoms with van der Waals surface area (Å²) in [5.74, 6) is -0.280. The molecule has 1 amide bonds. The molecule has 1 aliphatic heterocycles. The third kappa shape index (κ3) is 2.42. The van der Waals surface area contributed by atoms with Gasteiger partial charge in [0.2, 0.25) is 5.91 Å². The molecule has 1 aliphatic rings. The molecule has 1 saturated heterocycles. The molecule has 0 aromatic rings.